The normalized spacial score (nSPS) is 28.2. The summed E-state index contributed by atoms with van der Waals surface area (Å²) in [5.74, 6) is 2.16. The molecule has 3 unspecified atom stereocenters. The van der Waals surface area contributed by atoms with Crippen LogP contribution >= 0.6 is 0 Å². The topological polar surface area (TPSA) is 38.5 Å². The van der Waals surface area contributed by atoms with Crippen molar-refractivity contribution in [3.63, 3.8) is 0 Å². The molecule has 1 aliphatic carbocycles. The van der Waals surface area contributed by atoms with Gasteiger partial charge < -0.3 is 15.4 Å². The van der Waals surface area contributed by atoms with Gasteiger partial charge in [0.2, 0.25) is 0 Å². The van der Waals surface area contributed by atoms with Gasteiger partial charge in [-0.2, -0.15) is 0 Å². The van der Waals surface area contributed by atoms with Crippen molar-refractivity contribution < 1.29 is 4.74 Å². The van der Waals surface area contributed by atoms with E-state index in [0.29, 0.717) is 17.9 Å². The van der Waals surface area contributed by atoms with Crippen LogP contribution in [-0.4, -0.2) is 26.7 Å². The first-order chi connectivity index (χ1) is 9.87. The zero-order chi connectivity index (χ0) is 15.6. The third kappa shape index (κ3) is 3.18. The molecular weight excluding hydrogens is 260 g/mol. The number of para-hydroxylation sites is 2. The molecule has 3 nitrogen and oxygen atoms in total. The number of hydrogen-bond donors (Lipinski definition) is 1. The van der Waals surface area contributed by atoms with E-state index in [2.05, 4.69) is 44.9 Å². The summed E-state index contributed by atoms with van der Waals surface area (Å²) < 4.78 is 5.48. The second-order valence-corrected chi connectivity index (χ2v) is 7.10. The van der Waals surface area contributed by atoms with Gasteiger partial charge in [-0.1, -0.05) is 32.9 Å². The third-order valence-corrected chi connectivity index (χ3v) is 5.71. The summed E-state index contributed by atoms with van der Waals surface area (Å²) in [4.78, 5) is 2.33. The van der Waals surface area contributed by atoms with Crippen LogP contribution in [0.1, 0.15) is 33.6 Å². The molecular formula is C18H30N2O. The molecule has 118 valence electrons. The fourth-order valence-corrected chi connectivity index (χ4v) is 3.64. The third-order valence-electron chi connectivity index (χ3n) is 5.71. The Morgan fingerprint density at radius 1 is 1.29 bits per heavy atom. The Morgan fingerprint density at radius 3 is 2.62 bits per heavy atom. The van der Waals surface area contributed by atoms with Crippen LogP contribution in [0.3, 0.4) is 0 Å². The SMILES string of the molecule is COc1ccccc1N(C)CC1CCC(N)C(C)C1(C)C. The fourth-order valence-electron chi connectivity index (χ4n) is 3.64. The highest BCUT2D eigenvalue weighted by molar-refractivity contribution is 5.57. The van der Waals surface area contributed by atoms with Gasteiger partial charge in [-0.25, -0.2) is 0 Å². The standard InChI is InChI=1S/C18H30N2O/c1-13-15(19)11-10-14(18(13,2)3)12-20(4)16-8-6-7-9-17(16)21-5/h6-9,13-15H,10-12,19H2,1-5H3. The van der Waals surface area contributed by atoms with E-state index >= 15 is 0 Å². The Labute approximate surface area is 129 Å². The molecule has 0 aromatic heterocycles. The maximum atomic E-state index is 6.27. The van der Waals surface area contributed by atoms with Crippen LogP contribution in [0.5, 0.6) is 5.75 Å². The van der Waals surface area contributed by atoms with Crippen molar-refractivity contribution in [2.75, 3.05) is 25.6 Å². The highest BCUT2D eigenvalue weighted by Crippen LogP contribution is 2.45. The van der Waals surface area contributed by atoms with Gasteiger partial charge in [-0.3, -0.25) is 0 Å². The smallest absolute Gasteiger partial charge is 0.142 e. The highest BCUT2D eigenvalue weighted by Gasteiger charge is 2.41. The lowest BCUT2D eigenvalue weighted by Gasteiger charge is -2.48. The van der Waals surface area contributed by atoms with Gasteiger partial charge in [0.25, 0.3) is 0 Å². The molecule has 3 atom stereocenters. The van der Waals surface area contributed by atoms with Crippen LogP contribution in [0.15, 0.2) is 24.3 Å². The van der Waals surface area contributed by atoms with Gasteiger partial charge in [0.05, 0.1) is 12.8 Å². The zero-order valence-electron chi connectivity index (χ0n) is 14.1. The molecule has 0 saturated heterocycles. The maximum Gasteiger partial charge on any atom is 0.142 e. The van der Waals surface area contributed by atoms with E-state index in [1.165, 1.54) is 12.1 Å². The number of hydrogen-bond acceptors (Lipinski definition) is 3. The molecule has 0 amide bonds. The van der Waals surface area contributed by atoms with Gasteiger partial charge in [0.15, 0.2) is 0 Å². The molecule has 0 aliphatic heterocycles. The predicted molar refractivity (Wildman–Crippen MR) is 89.9 cm³/mol. The van der Waals surface area contributed by atoms with Gasteiger partial charge in [0.1, 0.15) is 5.75 Å². The summed E-state index contributed by atoms with van der Waals surface area (Å²) >= 11 is 0. The molecule has 1 aliphatic rings. The Balaban J connectivity index is 2.14. The number of ether oxygens (including phenoxy) is 1. The summed E-state index contributed by atoms with van der Waals surface area (Å²) in [6.07, 6.45) is 2.34. The minimum absolute atomic E-state index is 0.272. The Hall–Kier alpha value is -1.22. The Morgan fingerprint density at radius 2 is 1.95 bits per heavy atom. The lowest BCUT2D eigenvalue weighted by atomic mass is 9.61. The number of rotatable bonds is 4. The van der Waals surface area contributed by atoms with Crippen LogP contribution in [0, 0.1) is 17.3 Å². The monoisotopic (exact) mass is 290 g/mol. The summed E-state index contributed by atoms with van der Waals surface area (Å²) in [5, 5.41) is 0. The largest absolute Gasteiger partial charge is 0.495 e. The van der Waals surface area contributed by atoms with Crippen LogP contribution in [0.25, 0.3) is 0 Å². The second kappa shape index (κ2) is 6.27. The molecule has 3 heteroatoms. The van der Waals surface area contributed by atoms with Crippen LogP contribution in [-0.2, 0) is 0 Å². The fraction of sp³-hybridized carbons (Fsp3) is 0.667. The van der Waals surface area contributed by atoms with E-state index < -0.39 is 0 Å². The number of methoxy groups -OCH3 is 1. The van der Waals surface area contributed by atoms with Crippen LogP contribution < -0.4 is 15.4 Å². The van der Waals surface area contributed by atoms with Crippen molar-refractivity contribution >= 4 is 5.69 Å². The summed E-state index contributed by atoms with van der Waals surface area (Å²) in [7, 11) is 3.89. The first-order valence-electron chi connectivity index (χ1n) is 7.97. The van der Waals surface area contributed by atoms with Crippen molar-refractivity contribution in [2.24, 2.45) is 23.0 Å². The lowest BCUT2D eigenvalue weighted by Crippen LogP contribution is -2.49. The maximum absolute atomic E-state index is 6.27. The lowest BCUT2D eigenvalue weighted by molar-refractivity contribution is 0.0587. The quantitative estimate of drug-likeness (QED) is 0.922. The summed E-state index contributed by atoms with van der Waals surface area (Å²) in [6.45, 7) is 8.10. The van der Waals surface area contributed by atoms with E-state index in [9.17, 15) is 0 Å². The minimum Gasteiger partial charge on any atom is -0.495 e. The van der Waals surface area contributed by atoms with Crippen molar-refractivity contribution in [2.45, 2.75) is 39.7 Å². The number of nitrogens with zero attached hydrogens (tertiary/aromatic N) is 1. The van der Waals surface area contributed by atoms with Gasteiger partial charge in [-0.05, 0) is 42.2 Å². The first kappa shape index (κ1) is 16.2. The second-order valence-electron chi connectivity index (χ2n) is 7.10. The van der Waals surface area contributed by atoms with E-state index in [-0.39, 0.29) is 5.41 Å². The average molecular weight is 290 g/mol. The molecule has 1 fully saturated rings. The van der Waals surface area contributed by atoms with Gasteiger partial charge >= 0.3 is 0 Å². The van der Waals surface area contributed by atoms with E-state index in [1.54, 1.807) is 7.11 Å². The summed E-state index contributed by atoms with van der Waals surface area (Å²) in [5.41, 5.74) is 7.71. The molecule has 2 N–H and O–H groups in total. The van der Waals surface area contributed by atoms with Crippen molar-refractivity contribution in [1.29, 1.82) is 0 Å². The molecule has 1 saturated carbocycles. The molecule has 0 radical (unpaired) electrons. The Bertz CT molecular complexity index is 472. The molecule has 0 bridgehead atoms. The molecule has 1 aromatic rings. The molecule has 2 rings (SSSR count). The molecule has 0 heterocycles. The van der Waals surface area contributed by atoms with Gasteiger partial charge in [-0.15, -0.1) is 0 Å². The summed E-state index contributed by atoms with van der Waals surface area (Å²) in [6, 6.07) is 8.58. The Kier molecular flexibility index (Phi) is 4.82. The predicted octanol–water partition coefficient (Wildman–Crippen LogP) is 3.53. The number of benzene rings is 1. The van der Waals surface area contributed by atoms with E-state index in [4.69, 9.17) is 10.5 Å². The van der Waals surface area contributed by atoms with E-state index in [1.807, 2.05) is 12.1 Å². The number of nitrogens with two attached hydrogens (primary N) is 1. The number of anilines is 1. The molecule has 0 spiro atoms. The zero-order valence-corrected chi connectivity index (χ0v) is 14.1. The molecule has 1 aromatic carbocycles. The van der Waals surface area contributed by atoms with Crippen molar-refractivity contribution in [1.82, 2.24) is 0 Å². The van der Waals surface area contributed by atoms with Crippen molar-refractivity contribution in [3.05, 3.63) is 24.3 Å². The average Bonchev–Trinajstić information content (AvgIpc) is 2.48. The van der Waals surface area contributed by atoms with Crippen molar-refractivity contribution in [3.8, 4) is 5.75 Å². The van der Waals surface area contributed by atoms with E-state index in [0.717, 1.165) is 18.7 Å². The first-order valence-corrected chi connectivity index (χ1v) is 7.97. The van der Waals surface area contributed by atoms with Crippen LogP contribution in [0.2, 0.25) is 0 Å². The minimum atomic E-state index is 0.272. The highest BCUT2D eigenvalue weighted by atomic mass is 16.5. The van der Waals surface area contributed by atoms with Crippen LogP contribution in [0.4, 0.5) is 5.69 Å². The molecule has 21 heavy (non-hydrogen) atoms. The van der Waals surface area contributed by atoms with Gasteiger partial charge in [0, 0.05) is 19.6 Å².